The van der Waals surface area contributed by atoms with Crippen LogP contribution in [0, 0.1) is 17.7 Å². The number of ether oxygens (including phenoxy) is 1. The SMILES string of the molecule is Cl.NCC1CCC(C(=O)N(c2ccc(-c3nn[nH]n3)cc2)[C@@H](Cc2ccc(-c3ccc(N4CCOCC4)nc3)c(F)c2)C(N)=O)CC1. The van der Waals surface area contributed by atoms with E-state index in [1.54, 1.807) is 42.6 Å². The molecule has 12 nitrogen and oxygen atoms in total. The molecule has 1 saturated carbocycles. The van der Waals surface area contributed by atoms with Gasteiger partial charge in [-0.15, -0.1) is 22.6 Å². The summed E-state index contributed by atoms with van der Waals surface area (Å²) in [6.07, 6.45) is 4.72. The highest BCUT2D eigenvalue weighted by Gasteiger charge is 2.36. The fraction of sp³-hybridized carbons (Fsp3) is 0.394. The Hall–Kier alpha value is -4.46. The lowest BCUT2D eigenvalue weighted by atomic mass is 9.81. The summed E-state index contributed by atoms with van der Waals surface area (Å²) >= 11 is 0. The number of pyridine rings is 1. The molecule has 6 rings (SSSR count). The lowest BCUT2D eigenvalue weighted by Gasteiger charge is -2.35. The number of nitrogens with zero attached hydrogens (tertiary/aromatic N) is 6. The quantitative estimate of drug-likeness (QED) is 0.230. The standard InChI is InChI=1S/C33H38FN9O3.ClH/c34-28-17-22(3-11-27(28)25-8-12-30(37-20-25)42-13-15-46-16-14-42)18-29(31(36)44)43(33(45)24-4-1-21(19-35)2-5-24)26-9-6-23(7-10-26)32-38-40-41-39-32;/h3,6-12,17,20-21,24,29H,1-2,4-5,13-16,18-19,35H2,(H2,36,44)(H,38,39,40,41);1H/t21?,24?,29-;/m0./s1. The minimum atomic E-state index is -1.05. The number of aromatic amines is 1. The number of rotatable bonds is 10. The minimum Gasteiger partial charge on any atom is -0.378 e. The van der Waals surface area contributed by atoms with E-state index < -0.39 is 17.8 Å². The average molecular weight is 664 g/mol. The number of benzene rings is 2. The van der Waals surface area contributed by atoms with Crippen LogP contribution in [0.4, 0.5) is 15.9 Å². The van der Waals surface area contributed by atoms with Crippen LogP contribution in [0.3, 0.4) is 0 Å². The summed E-state index contributed by atoms with van der Waals surface area (Å²) in [6.45, 7) is 3.40. The highest BCUT2D eigenvalue weighted by molar-refractivity contribution is 6.01. The zero-order chi connectivity index (χ0) is 32.0. The van der Waals surface area contributed by atoms with Crippen molar-refractivity contribution in [1.29, 1.82) is 0 Å². The molecule has 4 aromatic rings. The number of aromatic nitrogens is 5. The summed E-state index contributed by atoms with van der Waals surface area (Å²) < 4.78 is 21.0. The molecule has 1 atom stereocenters. The summed E-state index contributed by atoms with van der Waals surface area (Å²) in [7, 11) is 0. The van der Waals surface area contributed by atoms with Crippen LogP contribution < -0.4 is 21.3 Å². The van der Waals surface area contributed by atoms with Crippen molar-refractivity contribution >= 4 is 35.7 Å². The van der Waals surface area contributed by atoms with Gasteiger partial charge >= 0.3 is 0 Å². The molecule has 248 valence electrons. The van der Waals surface area contributed by atoms with Crippen LogP contribution in [0.5, 0.6) is 0 Å². The summed E-state index contributed by atoms with van der Waals surface area (Å²) in [5.41, 5.74) is 14.6. The minimum absolute atomic E-state index is 0. The molecule has 1 aliphatic heterocycles. The van der Waals surface area contributed by atoms with E-state index in [0.717, 1.165) is 31.7 Å². The predicted octanol–water partition coefficient (Wildman–Crippen LogP) is 3.52. The van der Waals surface area contributed by atoms with Crippen LogP contribution in [0.1, 0.15) is 31.2 Å². The van der Waals surface area contributed by atoms with E-state index in [2.05, 4.69) is 30.5 Å². The van der Waals surface area contributed by atoms with E-state index in [0.29, 0.717) is 72.3 Å². The molecule has 0 bridgehead atoms. The first-order valence-electron chi connectivity index (χ1n) is 15.6. The number of halogens is 2. The third-order valence-corrected chi connectivity index (χ3v) is 9.01. The highest BCUT2D eigenvalue weighted by Crippen LogP contribution is 2.33. The molecule has 0 unspecified atom stereocenters. The number of primary amides is 1. The van der Waals surface area contributed by atoms with Gasteiger partial charge in [-0.05, 0) is 91.4 Å². The van der Waals surface area contributed by atoms with Crippen LogP contribution in [0.25, 0.3) is 22.5 Å². The number of amides is 2. The van der Waals surface area contributed by atoms with E-state index >= 15 is 4.39 Å². The maximum absolute atomic E-state index is 15.6. The van der Waals surface area contributed by atoms with Gasteiger partial charge in [0.2, 0.25) is 17.6 Å². The smallest absolute Gasteiger partial charge is 0.240 e. The topological polar surface area (TPSA) is 169 Å². The largest absolute Gasteiger partial charge is 0.378 e. The van der Waals surface area contributed by atoms with Crippen LogP contribution in [0.15, 0.2) is 60.8 Å². The molecule has 2 aromatic carbocycles. The predicted molar refractivity (Wildman–Crippen MR) is 178 cm³/mol. The molecule has 1 aliphatic carbocycles. The Bertz CT molecular complexity index is 1630. The van der Waals surface area contributed by atoms with Crippen molar-refractivity contribution in [2.24, 2.45) is 23.3 Å². The number of H-pyrrole nitrogens is 1. The fourth-order valence-corrected chi connectivity index (χ4v) is 6.34. The zero-order valence-electron chi connectivity index (χ0n) is 25.9. The molecule has 2 amide bonds. The maximum atomic E-state index is 15.6. The second-order valence-corrected chi connectivity index (χ2v) is 11.9. The molecule has 0 radical (unpaired) electrons. The molecular formula is C33H39ClFN9O3. The second-order valence-electron chi connectivity index (χ2n) is 11.9. The van der Waals surface area contributed by atoms with Crippen molar-refractivity contribution in [2.75, 3.05) is 42.6 Å². The van der Waals surface area contributed by atoms with E-state index in [1.807, 2.05) is 12.1 Å². The van der Waals surface area contributed by atoms with Crippen molar-refractivity contribution in [3.63, 3.8) is 0 Å². The van der Waals surface area contributed by atoms with Crippen molar-refractivity contribution in [1.82, 2.24) is 25.6 Å². The third-order valence-electron chi connectivity index (χ3n) is 9.01. The number of hydrogen-bond acceptors (Lipinski definition) is 9. The lowest BCUT2D eigenvalue weighted by molar-refractivity contribution is -0.127. The summed E-state index contributed by atoms with van der Waals surface area (Å²) in [5.74, 6) is -0.00481. The number of carbonyl (C=O) groups excluding carboxylic acids is 2. The van der Waals surface area contributed by atoms with Crippen molar-refractivity contribution in [2.45, 2.75) is 38.1 Å². The Kier molecular flexibility index (Phi) is 11.1. The van der Waals surface area contributed by atoms with Crippen molar-refractivity contribution in [3.8, 4) is 22.5 Å². The van der Waals surface area contributed by atoms with Gasteiger partial charge in [-0.25, -0.2) is 9.37 Å². The van der Waals surface area contributed by atoms with E-state index in [-0.39, 0.29) is 30.7 Å². The van der Waals surface area contributed by atoms with Crippen LogP contribution in [-0.4, -0.2) is 76.3 Å². The van der Waals surface area contributed by atoms with E-state index in [1.165, 1.54) is 11.0 Å². The molecule has 5 N–H and O–H groups in total. The molecule has 47 heavy (non-hydrogen) atoms. The summed E-state index contributed by atoms with van der Waals surface area (Å²) in [5, 5.41) is 14.0. The van der Waals surface area contributed by atoms with E-state index in [9.17, 15) is 9.59 Å². The molecule has 2 fully saturated rings. The van der Waals surface area contributed by atoms with Gasteiger partial charge in [0.25, 0.3) is 0 Å². The number of nitrogens with two attached hydrogens (primary N) is 2. The highest BCUT2D eigenvalue weighted by atomic mass is 35.5. The van der Waals surface area contributed by atoms with Gasteiger partial charge in [0, 0.05) is 54.0 Å². The van der Waals surface area contributed by atoms with Gasteiger partial charge in [-0.1, -0.05) is 12.1 Å². The Balaban J connectivity index is 0.00000433. The number of morpholine rings is 1. The maximum Gasteiger partial charge on any atom is 0.240 e. The second kappa shape index (κ2) is 15.4. The Morgan fingerprint density at radius 1 is 1.02 bits per heavy atom. The molecule has 2 aromatic heterocycles. The van der Waals surface area contributed by atoms with Gasteiger partial charge in [-0.2, -0.15) is 5.21 Å². The van der Waals surface area contributed by atoms with Crippen LogP contribution in [-0.2, 0) is 20.7 Å². The Morgan fingerprint density at radius 3 is 2.34 bits per heavy atom. The number of anilines is 2. The summed E-state index contributed by atoms with van der Waals surface area (Å²) in [6, 6.07) is 14.5. The normalized spacial score (nSPS) is 18.6. The van der Waals surface area contributed by atoms with Crippen molar-refractivity contribution in [3.05, 3.63) is 72.2 Å². The fourth-order valence-electron chi connectivity index (χ4n) is 6.34. The number of nitrogens with one attached hydrogen (secondary N) is 1. The first-order chi connectivity index (χ1) is 22.4. The molecule has 2 aliphatic rings. The molecule has 3 heterocycles. The van der Waals surface area contributed by atoms with Crippen LogP contribution in [0.2, 0.25) is 0 Å². The lowest BCUT2D eigenvalue weighted by Crippen LogP contribution is -2.52. The number of tetrazole rings is 1. The molecule has 1 saturated heterocycles. The molecular weight excluding hydrogens is 625 g/mol. The van der Waals surface area contributed by atoms with Crippen LogP contribution >= 0.6 is 12.4 Å². The summed E-state index contributed by atoms with van der Waals surface area (Å²) in [4.78, 5) is 35.4. The van der Waals surface area contributed by atoms with Gasteiger partial charge in [0.1, 0.15) is 17.7 Å². The Morgan fingerprint density at radius 2 is 1.74 bits per heavy atom. The molecule has 0 spiro atoms. The Labute approximate surface area is 278 Å². The average Bonchev–Trinajstić information content (AvgIpc) is 3.64. The van der Waals surface area contributed by atoms with Crippen molar-refractivity contribution < 1.29 is 18.7 Å². The first-order valence-corrected chi connectivity index (χ1v) is 15.6. The zero-order valence-corrected chi connectivity index (χ0v) is 26.7. The number of carbonyl (C=O) groups is 2. The number of hydrogen-bond donors (Lipinski definition) is 3. The molecule has 14 heteroatoms. The van der Waals surface area contributed by atoms with E-state index in [4.69, 9.17) is 16.2 Å². The third kappa shape index (κ3) is 7.75. The van der Waals surface area contributed by atoms with Gasteiger partial charge in [-0.3, -0.25) is 14.5 Å². The monoisotopic (exact) mass is 663 g/mol. The first kappa shape index (κ1) is 33.9. The van der Waals surface area contributed by atoms with Gasteiger partial charge < -0.3 is 21.1 Å². The van der Waals surface area contributed by atoms with Gasteiger partial charge in [0.15, 0.2) is 0 Å². The van der Waals surface area contributed by atoms with Gasteiger partial charge in [0.05, 0.1) is 13.2 Å².